The second-order valence-corrected chi connectivity index (χ2v) is 8.37. The number of nitro groups is 1. The SMILES string of the molecule is CC(=O)N(c1ccccc1)c1nc(Cn2cnc3c(cnn3-c3ccccc3[N+](=O)[O-])c2=O)cs1. The van der Waals surface area contributed by atoms with E-state index in [0.29, 0.717) is 16.5 Å². The van der Waals surface area contributed by atoms with Crippen LogP contribution in [0.3, 0.4) is 0 Å². The number of carbonyl (C=O) groups is 1. The molecule has 0 aliphatic heterocycles. The maximum Gasteiger partial charge on any atom is 0.294 e. The van der Waals surface area contributed by atoms with Crippen molar-refractivity contribution >= 4 is 44.8 Å². The van der Waals surface area contributed by atoms with E-state index < -0.39 is 4.92 Å². The number of rotatable bonds is 6. The summed E-state index contributed by atoms with van der Waals surface area (Å²) in [6, 6.07) is 15.3. The maximum atomic E-state index is 13.1. The normalized spacial score (nSPS) is 11.0. The van der Waals surface area contributed by atoms with E-state index in [2.05, 4.69) is 15.1 Å². The number of aromatic nitrogens is 5. The molecule has 5 aromatic rings. The smallest absolute Gasteiger partial charge is 0.292 e. The second kappa shape index (κ2) is 8.91. The van der Waals surface area contributed by atoms with Crippen molar-refractivity contribution in [2.24, 2.45) is 0 Å². The van der Waals surface area contributed by atoms with Gasteiger partial charge in [-0.05, 0) is 18.2 Å². The van der Waals surface area contributed by atoms with E-state index in [9.17, 15) is 19.7 Å². The van der Waals surface area contributed by atoms with E-state index in [1.807, 2.05) is 30.3 Å². The fourth-order valence-corrected chi connectivity index (χ4v) is 4.56. The summed E-state index contributed by atoms with van der Waals surface area (Å²) in [4.78, 5) is 46.7. The van der Waals surface area contributed by atoms with Crippen molar-refractivity contribution in [3.05, 3.63) is 98.7 Å². The number of para-hydroxylation sites is 3. The minimum absolute atomic E-state index is 0.134. The molecule has 3 aromatic heterocycles. The summed E-state index contributed by atoms with van der Waals surface area (Å²) in [5.74, 6) is -0.181. The third-order valence-corrected chi connectivity index (χ3v) is 6.13. The minimum Gasteiger partial charge on any atom is -0.292 e. The van der Waals surface area contributed by atoms with Crippen molar-refractivity contribution in [3.8, 4) is 5.69 Å². The lowest BCUT2D eigenvalue weighted by atomic mass is 10.2. The predicted octanol–water partition coefficient (Wildman–Crippen LogP) is 3.68. The lowest BCUT2D eigenvalue weighted by molar-refractivity contribution is -0.384. The first-order valence-electron chi connectivity index (χ1n) is 10.4. The van der Waals surface area contributed by atoms with Gasteiger partial charge in [0.1, 0.15) is 17.4 Å². The molecule has 0 aliphatic rings. The molecular weight excluding hydrogens is 470 g/mol. The first-order valence-corrected chi connectivity index (χ1v) is 11.3. The number of carbonyl (C=O) groups excluding carboxylic acids is 1. The number of benzene rings is 2. The van der Waals surface area contributed by atoms with Crippen molar-refractivity contribution < 1.29 is 9.72 Å². The summed E-state index contributed by atoms with van der Waals surface area (Å²) in [6.07, 6.45) is 2.70. The standard InChI is InChI=1S/C23H17N7O4S/c1-15(31)28(17-7-3-2-4-8-17)23-26-16(13-35-23)12-27-14-24-21-18(22(27)32)11-25-29(21)19-9-5-6-10-20(19)30(33)34/h2-11,13-14H,12H2,1H3. The Morgan fingerprint density at radius 3 is 2.63 bits per heavy atom. The van der Waals surface area contributed by atoms with Crippen LogP contribution in [0.4, 0.5) is 16.5 Å². The van der Waals surface area contributed by atoms with E-state index in [1.165, 1.54) is 51.0 Å². The zero-order valence-electron chi connectivity index (χ0n) is 18.3. The molecule has 0 unspecified atom stereocenters. The number of nitrogens with zero attached hydrogens (tertiary/aromatic N) is 7. The first kappa shape index (κ1) is 22.1. The van der Waals surface area contributed by atoms with Crippen LogP contribution in [-0.4, -0.2) is 35.1 Å². The topological polar surface area (TPSA) is 129 Å². The molecule has 0 N–H and O–H groups in total. The fraction of sp³-hybridized carbons (Fsp3) is 0.0870. The molecule has 5 rings (SSSR count). The van der Waals surface area contributed by atoms with Gasteiger partial charge in [-0.25, -0.2) is 14.6 Å². The summed E-state index contributed by atoms with van der Waals surface area (Å²) in [5, 5.41) is 18.1. The van der Waals surface area contributed by atoms with Gasteiger partial charge in [0.15, 0.2) is 10.8 Å². The third-order valence-electron chi connectivity index (χ3n) is 5.25. The Morgan fingerprint density at radius 1 is 1.14 bits per heavy atom. The fourth-order valence-electron chi connectivity index (χ4n) is 3.69. The average molecular weight is 488 g/mol. The summed E-state index contributed by atoms with van der Waals surface area (Å²) < 4.78 is 2.66. The zero-order chi connectivity index (χ0) is 24.5. The number of hydrogen-bond donors (Lipinski definition) is 0. The van der Waals surface area contributed by atoms with E-state index in [-0.39, 0.29) is 40.4 Å². The largest absolute Gasteiger partial charge is 0.294 e. The van der Waals surface area contributed by atoms with Gasteiger partial charge in [0.25, 0.3) is 11.2 Å². The van der Waals surface area contributed by atoms with Crippen LogP contribution in [-0.2, 0) is 11.3 Å². The lowest BCUT2D eigenvalue weighted by Crippen LogP contribution is -2.23. The van der Waals surface area contributed by atoms with Crippen molar-refractivity contribution in [1.82, 2.24) is 24.3 Å². The van der Waals surface area contributed by atoms with Crippen LogP contribution in [0.2, 0.25) is 0 Å². The zero-order valence-corrected chi connectivity index (χ0v) is 19.1. The highest BCUT2D eigenvalue weighted by atomic mass is 32.1. The number of anilines is 2. The van der Waals surface area contributed by atoms with Gasteiger partial charge < -0.3 is 0 Å². The number of fused-ring (bicyclic) bond motifs is 1. The molecular formula is C23H17N7O4S. The molecule has 11 nitrogen and oxygen atoms in total. The highest BCUT2D eigenvalue weighted by Crippen LogP contribution is 2.29. The summed E-state index contributed by atoms with van der Waals surface area (Å²) >= 11 is 1.29. The molecule has 35 heavy (non-hydrogen) atoms. The molecule has 0 spiro atoms. The number of hydrogen-bond acceptors (Lipinski definition) is 8. The molecule has 0 fully saturated rings. The first-order chi connectivity index (χ1) is 16.9. The van der Waals surface area contributed by atoms with Crippen LogP contribution in [0.5, 0.6) is 0 Å². The van der Waals surface area contributed by atoms with Gasteiger partial charge in [0.2, 0.25) is 5.91 Å². The lowest BCUT2D eigenvalue weighted by Gasteiger charge is -2.17. The van der Waals surface area contributed by atoms with Crippen LogP contribution < -0.4 is 10.5 Å². The Balaban J connectivity index is 1.48. The minimum atomic E-state index is -0.510. The maximum absolute atomic E-state index is 13.1. The summed E-state index contributed by atoms with van der Waals surface area (Å²) in [7, 11) is 0. The van der Waals surface area contributed by atoms with Gasteiger partial charge in [-0.2, -0.15) is 5.10 Å². The Morgan fingerprint density at radius 2 is 1.89 bits per heavy atom. The number of nitro benzene ring substituents is 1. The molecule has 2 aromatic carbocycles. The summed E-state index contributed by atoms with van der Waals surface area (Å²) in [6.45, 7) is 1.60. The van der Waals surface area contributed by atoms with Crippen molar-refractivity contribution in [2.45, 2.75) is 13.5 Å². The number of thiazole rings is 1. The predicted molar refractivity (Wildman–Crippen MR) is 130 cm³/mol. The van der Waals surface area contributed by atoms with Crippen molar-refractivity contribution in [2.75, 3.05) is 4.90 Å². The molecule has 0 aliphatic carbocycles. The molecule has 0 saturated carbocycles. The van der Waals surface area contributed by atoms with Crippen LogP contribution in [0, 0.1) is 10.1 Å². The van der Waals surface area contributed by atoms with E-state index in [0.717, 1.165) is 0 Å². The van der Waals surface area contributed by atoms with Gasteiger partial charge in [0.05, 0.1) is 29.0 Å². The monoisotopic (exact) mass is 487 g/mol. The van der Waals surface area contributed by atoms with Crippen molar-refractivity contribution in [1.29, 1.82) is 0 Å². The Bertz CT molecular complexity index is 1620. The van der Waals surface area contributed by atoms with Crippen LogP contribution in [0.15, 0.2) is 77.3 Å². The molecule has 174 valence electrons. The molecule has 0 bridgehead atoms. The van der Waals surface area contributed by atoms with Crippen LogP contribution in [0.25, 0.3) is 16.7 Å². The molecule has 0 atom stereocenters. The highest BCUT2D eigenvalue weighted by Gasteiger charge is 2.20. The van der Waals surface area contributed by atoms with Gasteiger partial charge in [-0.15, -0.1) is 11.3 Å². The van der Waals surface area contributed by atoms with Gasteiger partial charge >= 0.3 is 0 Å². The van der Waals surface area contributed by atoms with Gasteiger partial charge in [-0.3, -0.25) is 29.2 Å². The summed E-state index contributed by atoms with van der Waals surface area (Å²) in [5.41, 5.74) is 1.20. The van der Waals surface area contributed by atoms with E-state index in [1.54, 1.807) is 23.6 Å². The molecule has 3 heterocycles. The van der Waals surface area contributed by atoms with Crippen molar-refractivity contribution in [3.63, 3.8) is 0 Å². The van der Waals surface area contributed by atoms with Gasteiger partial charge in [-0.1, -0.05) is 30.3 Å². The Labute approximate surface area is 201 Å². The third kappa shape index (κ3) is 4.06. The quantitative estimate of drug-likeness (QED) is 0.264. The number of amides is 1. The van der Waals surface area contributed by atoms with E-state index in [4.69, 9.17) is 0 Å². The van der Waals surface area contributed by atoms with Crippen LogP contribution >= 0.6 is 11.3 Å². The Hall–Kier alpha value is -4.71. The molecule has 1 amide bonds. The van der Waals surface area contributed by atoms with Crippen LogP contribution in [0.1, 0.15) is 12.6 Å². The molecule has 12 heteroatoms. The molecule has 0 saturated heterocycles. The van der Waals surface area contributed by atoms with E-state index >= 15 is 0 Å². The molecule has 0 radical (unpaired) electrons. The highest BCUT2D eigenvalue weighted by molar-refractivity contribution is 7.14. The van der Waals surface area contributed by atoms with Gasteiger partial charge in [0, 0.05) is 18.4 Å². The second-order valence-electron chi connectivity index (χ2n) is 7.53. The Kier molecular flexibility index (Phi) is 5.63. The average Bonchev–Trinajstić information content (AvgIpc) is 3.49.